The van der Waals surface area contributed by atoms with E-state index in [1.54, 1.807) is 14.2 Å². The monoisotopic (exact) mass is 303 g/mol. The molecule has 2 nitrogen and oxygen atoms in total. The minimum atomic E-state index is -0.675. The quantitative estimate of drug-likeness (QED) is 0.649. The molecule has 0 atom stereocenters. The molecule has 0 aliphatic rings. The van der Waals surface area contributed by atoms with E-state index in [1.807, 2.05) is 54.6 Å². The summed E-state index contributed by atoms with van der Waals surface area (Å²) in [7, 11) is 3.38. The van der Waals surface area contributed by atoms with E-state index in [0.717, 1.165) is 16.7 Å². The van der Waals surface area contributed by atoms with E-state index in [-0.39, 0.29) is 0 Å². The highest BCUT2D eigenvalue weighted by Crippen LogP contribution is 2.40. The standard InChI is InChI=1S/C21H19O2/c1-22-20-15-13-19(14-16-20)21(23-2,17-9-5-3-6-10-17)18-11-7-4-8-12-18/h3-15H,1-2H3. The number of methoxy groups -OCH3 is 2. The molecule has 0 aliphatic carbocycles. The van der Waals surface area contributed by atoms with Crippen molar-refractivity contribution < 1.29 is 9.47 Å². The van der Waals surface area contributed by atoms with Crippen molar-refractivity contribution in [2.45, 2.75) is 5.60 Å². The van der Waals surface area contributed by atoms with Crippen molar-refractivity contribution >= 4 is 0 Å². The highest BCUT2D eigenvalue weighted by Gasteiger charge is 2.36. The fourth-order valence-corrected chi connectivity index (χ4v) is 2.96. The van der Waals surface area contributed by atoms with E-state index in [2.05, 4.69) is 30.3 Å². The van der Waals surface area contributed by atoms with Gasteiger partial charge >= 0.3 is 0 Å². The van der Waals surface area contributed by atoms with Crippen LogP contribution in [0.25, 0.3) is 0 Å². The lowest BCUT2D eigenvalue weighted by molar-refractivity contribution is 0.0584. The van der Waals surface area contributed by atoms with Gasteiger partial charge in [-0.2, -0.15) is 0 Å². The predicted molar refractivity (Wildman–Crippen MR) is 91.6 cm³/mol. The number of hydrogen-bond donors (Lipinski definition) is 0. The van der Waals surface area contributed by atoms with Crippen LogP contribution in [-0.2, 0) is 10.3 Å². The Kier molecular flexibility index (Phi) is 4.45. The molecule has 115 valence electrons. The first-order valence-electron chi connectivity index (χ1n) is 7.53. The van der Waals surface area contributed by atoms with Crippen LogP contribution in [0.3, 0.4) is 0 Å². The highest BCUT2D eigenvalue weighted by atomic mass is 16.5. The molecule has 2 heteroatoms. The average Bonchev–Trinajstić information content (AvgIpc) is 2.65. The molecular weight excluding hydrogens is 284 g/mol. The maximum Gasteiger partial charge on any atom is 0.143 e. The van der Waals surface area contributed by atoms with Crippen LogP contribution >= 0.6 is 0 Å². The molecule has 3 aromatic carbocycles. The summed E-state index contributed by atoms with van der Waals surface area (Å²) in [5.74, 6) is 0.708. The van der Waals surface area contributed by atoms with Gasteiger partial charge in [0.1, 0.15) is 11.4 Å². The largest absolute Gasteiger partial charge is 0.496 e. The first-order chi connectivity index (χ1) is 11.3. The highest BCUT2D eigenvalue weighted by molar-refractivity contribution is 5.48. The molecular formula is C21H19O2. The van der Waals surface area contributed by atoms with Gasteiger partial charge in [0, 0.05) is 13.2 Å². The Morgan fingerprint density at radius 2 is 1.26 bits per heavy atom. The second-order valence-corrected chi connectivity index (χ2v) is 5.26. The molecule has 0 unspecified atom stereocenters. The average molecular weight is 303 g/mol. The van der Waals surface area contributed by atoms with E-state index >= 15 is 0 Å². The van der Waals surface area contributed by atoms with Gasteiger partial charge in [0.25, 0.3) is 0 Å². The normalized spacial score (nSPS) is 11.2. The molecule has 0 saturated carbocycles. The number of ether oxygens (including phenoxy) is 2. The van der Waals surface area contributed by atoms with E-state index in [9.17, 15) is 0 Å². The molecule has 0 bridgehead atoms. The van der Waals surface area contributed by atoms with Crippen LogP contribution in [0, 0.1) is 6.07 Å². The SMILES string of the molecule is COc1[c]cc(C(OC)(c2ccccc2)c2ccccc2)cc1. The Hall–Kier alpha value is -2.58. The van der Waals surface area contributed by atoms with E-state index in [1.165, 1.54) is 0 Å². The van der Waals surface area contributed by atoms with Crippen LogP contribution in [0.2, 0.25) is 0 Å². The third kappa shape index (κ3) is 2.73. The van der Waals surface area contributed by atoms with Crippen molar-refractivity contribution in [3.63, 3.8) is 0 Å². The Labute approximate surface area is 137 Å². The number of hydrogen-bond acceptors (Lipinski definition) is 2. The number of benzene rings is 3. The summed E-state index contributed by atoms with van der Waals surface area (Å²) in [6.07, 6.45) is 0. The van der Waals surface area contributed by atoms with Crippen molar-refractivity contribution in [3.05, 3.63) is 102 Å². The zero-order valence-corrected chi connectivity index (χ0v) is 13.3. The van der Waals surface area contributed by atoms with E-state index < -0.39 is 5.60 Å². The second kappa shape index (κ2) is 6.67. The van der Waals surface area contributed by atoms with Crippen LogP contribution in [0.4, 0.5) is 0 Å². The van der Waals surface area contributed by atoms with Crippen molar-refractivity contribution in [3.8, 4) is 5.75 Å². The van der Waals surface area contributed by atoms with Crippen LogP contribution in [0.5, 0.6) is 5.75 Å². The lowest BCUT2D eigenvalue weighted by Gasteiger charge is -2.34. The summed E-state index contributed by atoms with van der Waals surface area (Å²) in [5.41, 5.74) is 2.49. The molecule has 3 aromatic rings. The zero-order chi connectivity index (χ0) is 16.1. The minimum absolute atomic E-state index is 0.675. The van der Waals surface area contributed by atoms with Crippen molar-refractivity contribution in [1.82, 2.24) is 0 Å². The van der Waals surface area contributed by atoms with Gasteiger partial charge in [-0.15, -0.1) is 0 Å². The molecule has 0 fully saturated rings. The van der Waals surface area contributed by atoms with Crippen molar-refractivity contribution in [2.75, 3.05) is 14.2 Å². The summed E-state index contributed by atoms with van der Waals surface area (Å²) in [6.45, 7) is 0. The Morgan fingerprint density at radius 1 is 0.696 bits per heavy atom. The van der Waals surface area contributed by atoms with Gasteiger partial charge < -0.3 is 9.47 Å². The molecule has 0 aliphatic heterocycles. The Morgan fingerprint density at radius 3 is 1.65 bits per heavy atom. The van der Waals surface area contributed by atoms with Crippen LogP contribution in [-0.4, -0.2) is 14.2 Å². The summed E-state index contributed by atoms with van der Waals surface area (Å²) >= 11 is 0. The molecule has 23 heavy (non-hydrogen) atoms. The van der Waals surface area contributed by atoms with Gasteiger partial charge in [-0.3, -0.25) is 0 Å². The molecule has 0 N–H and O–H groups in total. The fourth-order valence-electron chi connectivity index (χ4n) is 2.96. The van der Waals surface area contributed by atoms with Crippen LogP contribution in [0.1, 0.15) is 16.7 Å². The molecule has 0 heterocycles. The van der Waals surface area contributed by atoms with Gasteiger partial charge in [-0.25, -0.2) is 0 Å². The molecule has 0 spiro atoms. The molecule has 0 saturated heterocycles. The van der Waals surface area contributed by atoms with Crippen LogP contribution < -0.4 is 4.74 Å². The molecule has 0 aromatic heterocycles. The Balaban J connectivity index is 2.24. The van der Waals surface area contributed by atoms with E-state index in [4.69, 9.17) is 9.47 Å². The summed E-state index contributed by atoms with van der Waals surface area (Å²) in [5, 5.41) is 0. The van der Waals surface area contributed by atoms with E-state index in [0.29, 0.717) is 5.75 Å². The van der Waals surface area contributed by atoms with Crippen molar-refractivity contribution in [2.24, 2.45) is 0 Å². The van der Waals surface area contributed by atoms with Gasteiger partial charge in [0.2, 0.25) is 0 Å². The van der Waals surface area contributed by atoms with Crippen molar-refractivity contribution in [1.29, 1.82) is 0 Å². The molecule has 3 rings (SSSR count). The first kappa shape index (κ1) is 15.3. The molecule has 1 radical (unpaired) electrons. The molecule has 0 amide bonds. The summed E-state index contributed by atoms with van der Waals surface area (Å²) < 4.78 is 11.3. The lowest BCUT2D eigenvalue weighted by Crippen LogP contribution is -2.31. The fraction of sp³-hybridized carbons (Fsp3) is 0.143. The van der Waals surface area contributed by atoms with Crippen LogP contribution in [0.15, 0.2) is 78.9 Å². The lowest BCUT2D eigenvalue weighted by atomic mass is 9.80. The number of rotatable bonds is 5. The maximum atomic E-state index is 6.11. The summed E-state index contributed by atoms with van der Waals surface area (Å²) in [6, 6.07) is 29.5. The maximum absolute atomic E-state index is 6.11. The smallest absolute Gasteiger partial charge is 0.143 e. The van der Waals surface area contributed by atoms with Gasteiger partial charge in [0.15, 0.2) is 0 Å². The second-order valence-electron chi connectivity index (χ2n) is 5.26. The summed E-state index contributed by atoms with van der Waals surface area (Å²) in [4.78, 5) is 0. The van der Waals surface area contributed by atoms with Gasteiger partial charge in [0.05, 0.1) is 7.11 Å². The van der Waals surface area contributed by atoms with Gasteiger partial charge in [-0.05, 0) is 28.8 Å². The predicted octanol–water partition coefficient (Wildman–Crippen LogP) is 4.43. The Bertz CT molecular complexity index is 694. The topological polar surface area (TPSA) is 18.5 Å². The third-order valence-electron chi connectivity index (χ3n) is 4.08. The zero-order valence-electron chi connectivity index (χ0n) is 13.3. The third-order valence-corrected chi connectivity index (χ3v) is 4.08. The minimum Gasteiger partial charge on any atom is -0.496 e. The first-order valence-corrected chi connectivity index (χ1v) is 7.53. The van der Waals surface area contributed by atoms with Gasteiger partial charge in [-0.1, -0.05) is 66.7 Å².